The molecule has 0 bridgehead atoms. The molecule has 0 unspecified atom stereocenters. The van der Waals surface area contributed by atoms with Gasteiger partial charge in [0.2, 0.25) is 5.88 Å². The third kappa shape index (κ3) is 0.813. The van der Waals surface area contributed by atoms with Gasteiger partial charge in [0.05, 0.1) is 13.3 Å². The molecular formula is C6H6N4O. The summed E-state index contributed by atoms with van der Waals surface area (Å²) < 4.78 is 6.56. The largest absolute Gasteiger partial charge is 0.480 e. The average molecular weight is 150 g/mol. The smallest absolute Gasteiger partial charge is 0.237 e. The number of aromatic nitrogens is 4. The minimum atomic E-state index is 0.583. The van der Waals surface area contributed by atoms with Crippen LogP contribution < -0.4 is 4.74 Å². The highest BCUT2D eigenvalue weighted by Crippen LogP contribution is 2.07. The van der Waals surface area contributed by atoms with Crippen molar-refractivity contribution in [3.8, 4) is 5.88 Å². The molecule has 0 aliphatic rings. The van der Waals surface area contributed by atoms with Crippen LogP contribution in [0.1, 0.15) is 0 Å². The van der Waals surface area contributed by atoms with Gasteiger partial charge in [0.15, 0.2) is 5.65 Å². The van der Waals surface area contributed by atoms with E-state index in [1.54, 1.807) is 23.9 Å². The van der Waals surface area contributed by atoms with E-state index < -0.39 is 0 Å². The Kier molecular flexibility index (Phi) is 1.21. The second-order valence-electron chi connectivity index (χ2n) is 1.99. The van der Waals surface area contributed by atoms with E-state index in [-0.39, 0.29) is 0 Å². The fourth-order valence-electron chi connectivity index (χ4n) is 0.873. The Hall–Kier alpha value is -1.65. The first-order valence-electron chi connectivity index (χ1n) is 3.11. The second kappa shape index (κ2) is 2.19. The number of ether oxygens (including phenoxy) is 1. The fourth-order valence-corrected chi connectivity index (χ4v) is 0.873. The van der Waals surface area contributed by atoms with Crippen molar-refractivity contribution in [3.63, 3.8) is 0 Å². The quantitative estimate of drug-likeness (QED) is 0.580. The monoisotopic (exact) mass is 150 g/mol. The summed E-state index contributed by atoms with van der Waals surface area (Å²) in [6.45, 7) is 0. The summed E-state index contributed by atoms with van der Waals surface area (Å²) in [5.74, 6) is 0.583. The Bertz CT molecular complexity index is 369. The van der Waals surface area contributed by atoms with Crippen molar-refractivity contribution in [3.05, 3.63) is 18.5 Å². The van der Waals surface area contributed by atoms with Crippen LogP contribution in [0.25, 0.3) is 5.65 Å². The molecule has 0 aliphatic carbocycles. The number of fused-ring (bicyclic) bond motifs is 1. The summed E-state index contributed by atoms with van der Waals surface area (Å²) in [5.41, 5.74) is 0.685. The van der Waals surface area contributed by atoms with Gasteiger partial charge in [-0.25, -0.2) is 0 Å². The van der Waals surface area contributed by atoms with E-state index in [0.717, 1.165) is 0 Å². The SMILES string of the molecule is COc1cnnc2ccnn12. The van der Waals surface area contributed by atoms with Gasteiger partial charge in [-0.05, 0) is 0 Å². The minimum absolute atomic E-state index is 0.583. The zero-order chi connectivity index (χ0) is 7.68. The van der Waals surface area contributed by atoms with Gasteiger partial charge in [-0.3, -0.25) is 0 Å². The van der Waals surface area contributed by atoms with Crippen LogP contribution in [0.4, 0.5) is 0 Å². The molecule has 0 aromatic carbocycles. The van der Waals surface area contributed by atoms with Crippen LogP contribution in [0, 0.1) is 0 Å². The number of nitrogens with zero attached hydrogens (tertiary/aromatic N) is 4. The molecule has 0 fully saturated rings. The number of hydrogen-bond donors (Lipinski definition) is 0. The Labute approximate surface area is 62.6 Å². The maximum Gasteiger partial charge on any atom is 0.237 e. The van der Waals surface area contributed by atoms with E-state index in [9.17, 15) is 0 Å². The standard InChI is InChI=1S/C6H6N4O/c1-11-6-4-7-9-5-2-3-8-10(5)6/h2-4H,1H3. The molecule has 0 aliphatic heterocycles. The lowest BCUT2D eigenvalue weighted by Crippen LogP contribution is -1.98. The lowest BCUT2D eigenvalue weighted by atomic mass is 10.7. The molecule has 2 aromatic heterocycles. The van der Waals surface area contributed by atoms with E-state index in [1.807, 2.05) is 0 Å². The van der Waals surface area contributed by atoms with Gasteiger partial charge >= 0.3 is 0 Å². The highest BCUT2D eigenvalue weighted by Gasteiger charge is 2.00. The summed E-state index contributed by atoms with van der Waals surface area (Å²) in [7, 11) is 1.57. The first-order chi connectivity index (χ1) is 5.42. The number of rotatable bonds is 1. The van der Waals surface area contributed by atoms with Crippen molar-refractivity contribution in [1.29, 1.82) is 0 Å². The van der Waals surface area contributed by atoms with Gasteiger partial charge in [-0.2, -0.15) is 14.7 Å². The van der Waals surface area contributed by atoms with Gasteiger partial charge in [-0.15, -0.1) is 5.10 Å². The van der Waals surface area contributed by atoms with Crippen molar-refractivity contribution in [2.45, 2.75) is 0 Å². The lowest BCUT2D eigenvalue weighted by molar-refractivity contribution is 0.381. The summed E-state index contributed by atoms with van der Waals surface area (Å²) in [6, 6.07) is 1.76. The van der Waals surface area contributed by atoms with Crippen LogP contribution >= 0.6 is 0 Å². The van der Waals surface area contributed by atoms with Crippen LogP contribution in [0.2, 0.25) is 0 Å². The third-order valence-electron chi connectivity index (χ3n) is 1.37. The molecule has 56 valence electrons. The zero-order valence-electron chi connectivity index (χ0n) is 5.93. The van der Waals surface area contributed by atoms with E-state index in [2.05, 4.69) is 15.3 Å². The van der Waals surface area contributed by atoms with Crippen LogP contribution in [0.15, 0.2) is 18.5 Å². The second-order valence-corrected chi connectivity index (χ2v) is 1.99. The normalized spacial score (nSPS) is 10.3. The van der Waals surface area contributed by atoms with Crippen LogP contribution in [0.5, 0.6) is 5.88 Å². The maximum absolute atomic E-state index is 4.98. The molecule has 0 atom stereocenters. The lowest BCUT2D eigenvalue weighted by Gasteiger charge is -1.98. The van der Waals surface area contributed by atoms with Crippen LogP contribution in [0.3, 0.4) is 0 Å². The molecular weight excluding hydrogens is 144 g/mol. The molecule has 5 nitrogen and oxygen atoms in total. The van der Waals surface area contributed by atoms with Crippen molar-refractivity contribution < 1.29 is 4.74 Å². The molecule has 0 saturated heterocycles. The third-order valence-corrected chi connectivity index (χ3v) is 1.37. The van der Waals surface area contributed by atoms with Crippen LogP contribution in [-0.2, 0) is 0 Å². The van der Waals surface area contributed by atoms with Crippen LogP contribution in [-0.4, -0.2) is 26.9 Å². The Morgan fingerprint density at radius 3 is 3.27 bits per heavy atom. The Morgan fingerprint density at radius 1 is 1.55 bits per heavy atom. The molecule has 11 heavy (non-hydrogen) atoms. The van der Waals surface area contributed by atoms with E-state index in [0.29, 0.717) is 11.5 Å². The van der Waals surface area contributed by atoms with Crippen molar-refractivity contribution in [2.24, 2.45) is 0 Å². The predicted octanol–water partition coefficient (Wildman–Crippen LogP) is 0.133. The minimum Gasteiger partial charge on any atom is -0.480 e. The number of methoxy groups -OCH3 is 1. The summed E-state index contributed by atoms with van der Waals surface area (Å²) in [4.78, 5) is 0. The van der Waals surface area contributed by atoms with Crippen molar-refractivity contribution >= 4 is 5.65 Å². The maximum atomic E-state index is 4.98. The molecule has 0 radical (unpaired) electrons. The van der Waals surface area contributed by atoms with Gasteiger partial charge in [0.1, 0.15) is 6.20 Å². The molecule has 2 aromatic rings. The van der Waals surface area contributed by atoms with E-state index in [4.69, 9.17) is 4.74 Å². The van der Waals surface area contributed by atoms with Gasteiger partial charge in [-0.1, -0.05) is 0 Å². The van der Waals surface area contributed by atoms with E-state index in [1.165, 1.54) is 6.20 Å². The highest BCUT2D eigenvalue weighted by atomic mass is 16.5. The number of hydrogen-bond acceptors (Lipinski definition) is 4. The van der Waals surface area contributed by atoms with E-state index >= 15 is 0 Å². The molecule has 0 saturated carbocycles. The average Bonchev–Trinajstić information content (AvgIpc) is 2.50. The van der Waals surface area contributed by atoms with Gasteiger partial charge in [0.25, 0.3) is 0 Å². The van der Waals surface area contributed by atoms with Gasteiger partial charge < -0.3 is 4.74 Å². The first kappa shape index (κ1) is 6.09. The molecule has 2 rings (SSSR count). The Morgan fingerprint density at radius 2 is 2.45 bits per heavy atom. The molecule has 0 spiro atoms. The fraction of sp³-hybridized carbons (Fsp3) is 0.167. The molecule has 0 amide bonds. The zero-order valence-corrected chi connectivity index (χ0v) is 5.93. The Balaban J connectivity index is 2.79. The molecule has 0 N–H and O–H groups in total. The predicted molar refractivity (Wildman–Crippen MR) is 37.3 cm³/mol. The highest BCUT2D eigenvalue weighted by molar-refractivity contribution is 5.36. The molecule has 5 heteroatoms. The topological polar surface area (TPSA) is 52.3 Å². The summed E-state index contributed by atoms with van der Waals surface area (Å²) in [6.07, 6.45) is 3.16. The van der Waals surface area contributed by atoms with Crippen molar-refractivity contribution in [2.75, 3.05) is 7.11 Å². The van der Waals surface area contributed by atoms with Gasteiger partial charge in [0, 0.05) is 6.07 Å². The molecule has 2 heterocycles. The first-order valence-corrected chi connectivity index (χ1v) is 3.11. The summed E-state index contributed by atoms with van der Waals surface area (Å²) >= 11 is 0. The van der Waals surface area contributed by atoms with Crippen molar-refractivity contribution in [1.82, 2.24) is 19.8 Å². The summed E-state index contributed by atoms with van der Waals surface area (Å²) in [5, 5.41) is 11.5.